The molecule has 3 N–H and O–H groups in total. The number of nitrogens with one attached hydrogen (secondary N) is 3. The molecule has 3 rings (SSSR count). The fourth-order valence-electron chi connectivity index (χ4n) is 3.11. The number of ether oxygens (including phenoxy) is 1. The van der Waals surface area contributed by atoms with Gasteiger partial charge >= 0.3 is 11.8 Å². The Kier molecular flexibility index (Phi) is 9.13. The van der Waals surface area contributed by atoms with Gasteiger partial charge in [0, 0.05) is 12.2 Å². The highest BCUT2D eigenvalue weighted by molar-refractivity contribution is 6.35. The van der Waals surface area contributed by atoms with Crippen LogP contribution in [0.5, 0.6) is 5.75 Å². The molecule has 0 fully saturated rings. The van der Waals surface area contributed by atoms with E-state index in [1.54, 1.807) is 24.3 Å². The summed E-state index contributed by atoms with van der Waals surface area (Å²) in [5.74, 6) is -1.43. The fourth-order valence-corrected chi connectivity index (χ4v) is 3.11. The topological polar surface area (TPSA) is 109 Å². The molecular formula is C27H28N4O4. The third-order valence-electron chi connectivity index (χ3n) is 5.15. The van der Waals surface area contributed by atoms with Crippen LogP contribution in [0.1, 0.15) is 22.3 Å². The first kappa shape index (κ1) is 25.2. The van der Waals surface area contributed by atoms with Crippen molar-refractivity contribution in [2.75, 3.05) is 18.5 Å². The summed E-state index contributed by atoms with van der Waals surface area (Å²) in [5.41, 5.74) is 6.84. The van der Waals surface area contributed by atoms with Gasteiger partial charge < -0.3 is 15.4 Å². The maximum Gasteiger partial charge on any atom is 0.329 e. The largest absolute Gasteiger partial charge is 0.484 e. The molecule has 3 aromatic rings. The summed E-state index contributed by atoms with van der Waals surface area (Å²) in [7, 11) is 0. The lowest BCUT2D eigenvalue weighted by molar-refractivity contribution is -0.139. The average molecular weight is 473 g/mol. The zero-order chi connectivity index (χ0) is 25.0. The maximum atomic E-state index is 12.2. The van der Waals surface area contributed by atoms with Gasteiger partial charge in [-0.25, -0.2) is 5.43 Å². The Morgan fingerprint density at radius 1 is 0.886 bits per heavy atom. The van der Waals surface area contributed by atoms with Crippen LogP contribution in [0.25, 0.3) is 0 Å². The molecule has 0 aliphatic rings. The van der Waals surface area contributed by atoms with Gasteiger partial charge in [0.1, 0.15) is 5.75 Å². The summed E-state index contributed by atoms with van der Waals surface area (Å²) in [6.07, 6.45) is 2.01. The van der Waals surface area contributed by atoms with E-state index in [0.717, 1.165) is 16.7 Å². The molecule has 0 saturated heterocycles. The van der Waals surface area contributed by atoms with Gasteiger partial charge in [-0.05, 0) is 66.8 Å². The standard InChI is InChI=1S/C27H28N4O4/c1-19-11-12-23(15-20(19)2)30-25(32)18-35-24-10-6-9-22(16-24)17-29-31-27(34)26(33)28-14-13-21-7-4-3-5-8-21/h3-12,15-17H,13-14,18H2,1-2H3,(H,28,33)(H,30,32)(H,31,34)/b29-17-. The van der Waals surface area contributed by atoms with E-state index < -0.39 is 11.8 Å². The molecule has 8 nitrogen and oxygen atoms in total. The van der Waals surface area contributed by atoms with Gasteiger partial charge in [-0.2, -0.15) is 5.10 Å². The van der Waals surface area contributed by atoms with Crippen molar-refractivity contribution in [1.82, 2.24) is 10.7 Å². The number of carbonyl (C=O) groups excluding carboxylic acids is 3. The molecule has 0 atom stereocenters. The van der Waals surface area contributed by atoms with Crippen LogP contribution in [-0.2, 0) is 20.8 Å². The Bertz CT molecular complexity index is 1210. The SMILES string of the molecule is Cc1ccc(NC(=O)COc2cccc(/C=N\NC(=O)C(=O)NCCc3ccccc3)c2)cc1C. The second-order valence-electron chi connectivity index (χ2n) is 7.90. The Hall–Kier alpha value is -4.46. The molecule has 0 aliphatic heterocycles. The van der Waals surface area contributed by atoms with Gasteiger partial charge in [-0.15, -0.1) is 0 Å². The predicted octanol–water partition coefficient (Wildman–Crippen LogP) is 3.13. The minimum atomic E-state index is -0.857. The molecule has 0 aromatic heterocycles. The molecule has 8 heteroatoms. The van der Waals surface area contributed by atoms with Crippen LogP contribution in [0.2, 0.25) is 0 Å². The second kappa shape index (κ2) is 12.7. The number of nitrogens with zero attached hydrogens (tertiary/aromatic N) is 1. The van der Waals surface area contributed by atoms with E-state index >= 15 is 0 Å². The normalized spacial score (nSPS) is 10.6. The van der Waals surface area contributed by atoms with Crippen LogP contribution in [-0.4, -0.2) is 37.1 Å². The van der Waals surface area contributed by atoms with Gasteiger partial charge in [0.15, 0.2) is 6.61 Å². The summed E-state index contributed by atoms with van der Waals surface area (Å²) < 4.78 is 5.56. The number of hydrogen-bond acceptors (Lipinski definition) is 5. The van der Waals surface area contributed by atoms with Crippen molar-refractivity contribution in [3.63, 3.8) is 0 Å². The van der Waals surface area contributed by atoms with E-state index in [1.165, 1.54) is 6.21 Å². The van der Waals surface area contributed by atoms with E-state index in [-0.39, 0.29) is 12.5 Å². The van der Waals surface area contributed by atoms with E-state index in [0.29, 0.717) is 30.0 Å². The van der Waals surface area contributed by atoms with Crippen molar-refractivity contribution in [1.29, 1.82) is 0 Å². The molecule has 35 heavy (non-hydrogen) atoms. The minimum Gasteiger partial charge on any atom is -0.484 e. The lowest BCUT2D eigenvalue weighted by atomic mass is 10.1. The van der Waals surface area contributed by atoms with Crippen molar-refractivity contribution < 1.29 is 19.1 Å². The quantitative estimate of drug-likeness (QED) is 0.253. The Morgan fingerprint density at radius 3 is 2.46 bits per heavy atom. The van der Waals surface area contributed by atoms with Gasteiger partial charge in [0.2, 0.25) is 0 Å². The molecule has 3 aromatic carbocycles. The third-order valence-corrected chi connectivity index (χ3v) is 5.15. The van der Waals surface area contributed by atoms with Gasteiger partial charge in [-0.3, -0.25) is 14.4 Å². The first-order chi connectivity index (χ1) is 16.9. The van der Waals surface area contributed by atoms with Crippen LogP contribution in [0.4, 0.5) is 5.69 Å². The summed E-state index contributed by atoms with van der Waals surface area (Å²) in [6.45, 7) is 4.17. The number of aryl methyl sites for hydroxylation is 2. The Labute approximate surface area is 204 Å². The van der Waals surface area contributed by atoms with Crippen molar-refractivity contribution in [2.45, 2.75) is 20.3 Å². The summed E-state index contributed by atoms with van der Waals surface area (Å²) >= 11 is 0. The van der Waals surface area contributed by atoms with Crippen LogP contribution >= 0.6 is 0 Å². The third kappa shape index (κ3) is 8.43. The highest BCUT2D eigenvalue weighted by Gasteiger charge is 2.11. The van der Waals surface area contributed by atoms with Crippen LogP contribution in [0.3, 0.4) is 0 Å². The number of anilines is 1. The predicted molar refractivity (Wildman–Crippen MR) is 135 cm³/mol. The van der Waals surface area contributed by atoms with Crippen molar-refractivity contribution in [2.24, 2.45) is 5.10 Å². The minimum absolute atomic E-state index is 0.159. The van der Waals surface area contributed by atoms with Crippen LogP contribution in [0, 0.1) is 13.8 Å². The molecule has 0 saturated carbocycles. The van der Waals surface area contributed by atoms with Crippen molar-refractivity contribution >= 4 is 29.6 Å². The Morgan fingerprint density at radius 2 is 1.69 bits per heavy atom. The zero-order valence-corrected chi connectivity index (χ0v) is 19.7. The second-order valence-corrected chi connectivity index (χ2v) is 7.90. The maximum absolute atomic E-state index is 12.2. The first-order valence-electron chi connectivity index (χ1n) is 11.2. The lowest BCUT2D eigenvalue weighted by Gasteiger charge is -2.09. The lowest BCUT2D eigenvalue weighted by Crippen LogP contribution is -2.38. The number of amides is 3. The first-order valence-corrected chi connectivity index (χ1v) is 11.2. The fraction of sp³-hybridized carbons (Fsp3) is 0.185. The van der Waals surface area contributed by atoms with E-state index in [2.05, 4.69) is 21.2 Å². The molecule has 0 radical (unpaired) electrons. The van der Waals surface area contributed by atoms with Gasteiger partial charge in [0.25, 0.3) is 5.91 Å². The smallest absolute Gasteiger partial charge is 0.329 e. The van der Waals surface area contributed by atoms with E-state index in [4.69, 9.17) is 4.74 Å². The number of hydrogen-bond donors (Lipinski definition) is 3. The molecule has 0 heterocycles. The Balaban J connectivity index is 1.41. The van der Waals surface area contributed by atoms with Crippen LogP contribution < -0.4 is 20.8 Å². The van der Waals surface area contributed by atoms with E-state index in [9.17, 15) is 14.4 Å². The number of hydrazone groups is 1. The molecule has 0 spiro atoms. The summed E-state index contributed by atoms with van der Waals surface area (Å²) in [5, 5.41) is 9.17. The summed E-state index contributed by atoms with van der Waals surface area (Å²) in [4.78, 5) is 36.0. The molecule has 180 valence electrons. The number of carbonyl (C=O) groups is 3. The highest BCUT2D eigenvalue weighted by atomic mass is 16.5. The number of benzene rings is 3. The molecule has 0 bridgehead atoms. The van der Waals surface area contributed by atoms with Crippen molar-refractivity contribution in [3.8, 4) is 5.75 Å². The van der Waals surface area contributed by atoms with Gasteiger partial charge in [-0.1, -0.05) is 48.5 Å². The van der Waals surface area contributed by atoms with Crippen LogP contribution in [0.15, 0.2) is 77.9 Å². The monoisotopic (exact) mass is 472 g/mol. The molecular weight excluding hydrogens is 444 g/mol. The van der Waals surface area contributed by atoms with Gasteiger partial charge in [0.05, 0.1) is 6.21 Å². The van der Waals surface area contributed by atoms with Crippen molar-refractivity contribution in [3.05, 3.63) is 95.1 Å². The zero-order valence-electron chi connectivity index (χ0n) is 19.7. The highest BCUT2D eigenvalue weighted by Crippen LogP contribution is 2.15. The van der Waals surface area contributed by atoms with E-state index in [1.807, 2.05) is 62.4 Å². The molecule has 0 unspecified atom stereocenters. The average Bonchev–Trinajstić information content (AvgIpc) is 2.86. The molecule has 3 amide bonds. The number of rotatable bonds is 9. The molecule has 0 aliphatic carbocycles. The summed E-state index contributed by atoms with van der Waals surface area (Å²) in [6, 6.07) is 22.2.